The average Bonchev–Trinajstić information content (AvgIpc) is 2.92. The Morgan fingerprint density at radius 1 is 1.50 bits per heavy atom. The van der Waals surface area contributed by atoms with Crippen LogP contribution in [0.1, 0.15) is 46.5 Å². The fraction of sp³-hybridized carbons (Fsp3) is 0.923. The Balaban J connectivity index is 1.72. The highest BCUT2D eigenvalue weighted by atomic mass is 32.2. The predicted molar refractivity (Wildman–Crippen MR) is 73.1 cm³/mol. The first-order chi connectivity index (χ1) is 7.66. The van der Waals surface area contributed by atoms with Crippen LogP contribution >= 0.6 is 11.8 Å². The highest BCUT2D eigenvalue weighted by Crippen LogP contribution is 2.51. The van der Waals surface area contributed by atoms with Crippen LogP contribution < -0.4 is 5.32 Å². The fourth-order valence-corrected chi connectivity index (χ4v) is 3.48. The number of rotatable bonds is 5. The highest BCUT2D eigenvalue weighted by Gasteiger charge is 2.45. The van der Waals surface area contributed by atoms with Gasteiger partial charge in [0.1, 0.15) is 0 Å². The van der Waals surface area contributed by atoms with Crippen molar-refractivity contribution >= 4 is 16.9 Å². The van der Waals surface area contributed by atoms with Crippen molar-refractivity contribution in [1.29, 1.82) is 0 Å². The lowest BCUT2D eigenvalue weighted by Gasteiger charge is -2.20. The van der Waals surface area contributed by atoms with Crippen molar-refractivity contribution in [3.63, 3.8) is 0 Å². The lowest BCUT2D eigenvalue weighted by Crippen LogP contribution is -2.30. The van der Waals surface area contributed by atoms with Gasteiger partial charge in [0.05, 0.1) is 6.54 Å². The summed E-state index contributed by atoms with van der Waals surface area (Å²) in [6.45, 7) is 9.10. The van der Waals surface area contributed by atoms with E-state index in [1.54, 1.807) is 0 Å². The summed E-state index contributed by atoms with van der Waals surface area (Å²) in [5.41, 5.74) is 0.589. The topological polar surface area (TPSA) is 24.4 Å². The van der Waals surface area contributed by atoms with Crippen molar-refractivity contribution in [1.82, 2.24) is 5.32 Å². The molecule has 1 aliphatic heterocycles. The Morgan fingerprint density at radius 3 is 2.81 bits per heavy atom. The quantitative estimate of drug-likeness (QED) is 0.797. The second-order valence-corrected chi connectivity index (χ2v) is 6.83. The molecule has 0 aromatic rings. The standard InChI is InChI=1S/C13H24N2S/c1-4-5-11-8-14-12(16-11)15-9-13(6-7-13)10(2)3/h10-11H,4-9H2,1-3H3,(H,14,15). The number of nitrogens with zero attached hydrogens (tertiary/aromatic N) is 1. The summed E-state index contributed by atoms with van der Waals surface area (Å²) >= 11 is 1.95. The van der Waals surface area contributed by atoms with Gasteiger partial charge in [0, 0.05) is 11.8 Å². The lowest BCUT2D eigenvalue weighted by molar-refractivity contribution is 0.358. The summed E-state index contributed by atoms with van der Waals surface area (Å²) < 4.78 is 0. The molecule has 0 aromatic heterocycles. The molecule has 1 unspecified atom stereocenters. The van der Waals surface area contributed by atoms with Crippen molar-refractivity contribution in [3.05, 3.63) is 0 Å². The average molecular weight is 240 g/mol. The number of nitrogens with one attached hydrogen (secondary N) is 1. The highest BCUT2D eigenvalue weighted by molar-refractivity contribution is 8.14. The molecule has 1 fully saturated rings. The van der Waals surface area contributed by atoms with Gasteiger partial charge >= 0.3 is 0 Å². The van der Waals surface area contributed by atoms with Crippen molar-refractivity contribution in [2.45, 2.75) is 51.7 Å². The second-order valence-electron chi connectivity index (χ2n) is 5.55. The molecule has 1 atom stereocenters. The van der Waals surface area contributed by atoms with Crippen LogP contribution in [-0.4, -0.2) is 23.5 Å². The van der Waals surface area contributed by atoms with Crippen molar-refractivity contribution < 1.29 is 0 Å². The third-order valence-corrected chi connectivity index (χ3v) is 5.25. The maximum Gasteiger partial charge on any atom is 0.156 e. The lowest BCUT2D eigenvalue weighted by atomic mass is 9.92. The third kappa shape index (κ3) is 2.73. The molecule has 0 aromatic carbocycles. The zero-order valence-electron chi connectivity index (χ0n) is 10.8. The van der Waals surface area contributed by atoms with E-state index in [1.807, 2.05) is 11.8 Å². The zero-order valence-corrected chi connectivity index (χ0v) is 11.6. The van der Waals surface area contributed by atoms with E-state index in [1.165, 1.54) is 30.9 Å². The van der Waals surface area contributed by atoms with Gasteiger partial charge < -0.3 is 5.32 Å². The van der Waals surface area contributed by atoms with Gasteiger partial charge in [-0.05, 0) is 30.6 Å². The zero-order chi connectivity index (χ0) is 11.6. The van der Waals surface area contributed by atoms with Crippen molar-refractivity contribution in [3.8, 4) is 0 Å². The molecule has 1 N–H and O–H groups in total. The Bertz CT molecular complexity index is 269. The molecule has 0 spiro atoms. The largest absolute Gasteiger partial charge is 0.364 e. The van der Waals surface area contributed by atoms with Crippen LogP contribution in [0.4, 0.5) is 0 Å². The minimum atomic E-state index is 0.589. The predicted octanol–water partition coefficient (Wildman–Crippen LogP) is 3.28. The third-order valence-electron chi connectivity index (χ3n) is 4.04. The van der Waals surface area contributed by atoms with Crippen LogP contribution in [0.15, 0.2) is 4.99 Å². The Hall–Kier alpha value is -0.180. The molecule has 0 bridgehead atoms. The molecule has 1 aliphatic carbocycles. The summed E-state index contributed by atoms with van der Waals surface area (Å²) in [5.74, 6) is 0.804. The smallest absolute Gasteiger partial charge is 0.156 e. The van der Waals surface area contributed by atoms with E-state index in [9.17, 15) is 0 Å². The molecule has 1 saturated carbocycles. The van der Waals surface area contributed by atoms with Crippen LogP contribution in [0.2, 0.25) is 0 Å². The Morgan fingerprint density at radius 2 is 2.25 bits per heavy atom. The maximum atomic E-state index is 4.59. The summed E-state index contributed by atoms with van der Waals surface area (Å²) in [6, 6.07) is 0. The van der Waals surface area contributed by atoms with Crippen molar-refractivity contribution in [2.24, 2.45) is 16.3 Å². The molecule has 3 heteroatoms. The van der Waals surface area contributed by atoms with E-state index in [-0.39, 0.29) is 0 Å². The summed E-state index contributed by atoms with van der Waals surface area (Å²) in [7, 11) is 0. The van der Waals surface area contributed by atoms with Gasteiger partial charge in [0.2, 0.25) is 0 Å². The molecule has 0 radical (unpaired) electrons. The minimum absolute atomic E-state index is 0.589. The first-order valence-electron chi connectivity index (χ1n) is 6.61. The normalized spacial score (nSPS) is 27.0. The van der Waals surface area contributed by atoms with Gasteiger partial charge in [-0.1, -0.05) is 39.0 Å². The van der Waals surface area contributed by atoms with E-state index in [0.29, 0.717) is 5.41 Å². The molecule has 2 rings (SSSR count). The molecule has 92 valence electrons. The number of hydrogen-bond donors (Lipinski definition) is 1. The van der Waals surface area contributed by atoms with Gasteiger partial charge in [-0.2, -0.15) is 0 Å². The minimum Gasteiger partial charge on any atom is -0.364 e. The SMILES string of the molecule is CCCC1CN=C(NCC2(C(C)C)CC2)S1. The van der Waals surface area contributed by atoms with Crippen molar-refractivity contribution in [2.75, 3.05) is 13.1 Å². The maximum absolute atomic E-state index is 4.59. The molecule has 0 amide bonds. The molecule has 1 heterocycles. The first-order valence-corrected chi connectivity index (χ1v) is 7.49. The van der Waals surface area contributed by atoms with E-state index in [4.69, 9.17) is 0 Å². The monoisotopic (exact) mass is 240 g/mol. The summed E-state index contributed by atoms with van der Waals surface area (Å²) in [4.78, 5) is 4.59. The number of thioether (sulfide) groups is 1. The Kier molecular flexibility index (Phi) is 3.83. The Labute approximate surface area is 104 Å². The molecule has 2 aliphatic rings. The van der Waals surface area contributed by atoms with E-state index in [2.05, 4.69) is 31.1 Å². The van der Waals surface area contributed by atoms with Gasteiger partial charge in [-0.25, -0.2) is 0 Å². The van der Waals surface area contributed by atoms with Crippen LogP contribution in [-0.2, 0) is 0 Å². The van der Waals surface area contributed by atoms with E-state index >= 15 is 0 Å². The van der Waals surface area contributed by atoms with Gasteiger partial charge in [0.15, 0.2) is 5.17 Å². The molecule has 0 saturated heterocycles. The van der Waals surface area contributed by atoms with Crippen LogP contribution in [0.25, 0.3) is 0 Å². The summed E-state index contributed by atoms with van der Waals surface area (Å²) in [6.07, 6.45) is 5.37. The number of hydrogen-bond acceptors (Lipinski definition) is 3. The molecular weight excluding hydrogens is 216 g/mol. The second kappa shape index (κ2) is 4.99. The van der Waals surface area contributed by atoms with Crippen LogP contribution in [0, 0.1) is 11.3 Å². The van der Waals surface area contributed by atoms with Gasteiger partial charge in [0.25, 0.3) is 0 Å². The first kappa shape index (κ1) is 12.3. The van der Waals surface area contributed by atoms with E-state index < -0.39 is 0 Å². The van der Waals surface area contributed by atoms with Gasteiger partial charge in [-0.3, -0.25) is 4.99 Å². The molecule has 2 nitrogen and oxygen atoms in total. The fourth-order valence-electron chi connectivity index (χ4n) is 2.36. The van der Waals surface area contributed by atoms with Crippen LogP contribution in [0.3, 0.4) is 0 Å². The van der Waals surface area contributed by atoms with Crippen LogP contribution in [0.5, 0.6) is 0 Å². The summed E-state index contributed by atoms with van der Waals surface area (Å²) in [5, 5.41) is 5.50. The number of amidine groups is 1. The van der Waals surface area contributed by atoms with Gasteiger partial charge in [-0.15, -0.1) is 0 Å². The molecule has 16 heavy (non-hydrogen) atoms. The number of aliphatic imine (C=N–C) groups is 1. The van der Waals surface area contributed by atoms with E-state index in [0.717, 1.165) is 24.3 Å². The molecular formula is C13H24N2S.